The molecule has 0 aliphatic heterocycles. The molecule has 6 nitrogen and oxygen atoms in total. The first-order valence-electron chi connectivity index (χ1n) is 13.5. The molecule has 0 saturated carbocycles. The maximum atomic E-state index is 12.4. The summed E-state index contributed by atoms with van der Waals surface area (Å²) in [5.74, 6) is -0.780. The smallest absolute Gasteiger partial charge is 0.261 e. The van der Waals surface area contributed by atoms with Crippen LogP contribution in [0.15, 0.2) is 35.4 Å². The van der Waals surface area contributed by atoms with Crippen molar-refractivity contribution >= 4 is 24.0 Å². The minimum atomic E-state index is -0.390. The van der Waals surface area contributed by atoms with Gasteiger partial charge in [-0.1, -0.05) is 96.3 Å². The quantitative estimate of drug-likeness (QED) is 0.140. The van der Waals surface area contributed by atoms with E-state index in [-0.39, 0.29) is 11.1 Å². The summed E-state index contributed by atoms with van der Waals surface area (Å²) in [6, 6.07) is 11.0. The van der Waals surface area contributed by atoms with Crippen molar-refractivity contribution in [1.82, 2.24) is 10.6 Å². The number of carbonyl (C=O) groups is 2. The lowest BCUT2D eigenvalue weighted by atomic mass is 10.1. The molecule has 0 atom stereocenters. The van der Waals surface area contributed by atoms with E-state index in [1.54, 1.807) is 24.3 Å². The Labute approximate surface area is 217 Å². The van der Waals surface area contributed by atoms with Crippen LogP contribution in [-0.2, 0) is 9.59 Å². The highest BCUT2D eigenvalue weighted by atomic mass is 16.2. The third-order valence-electron chi connectivity index (χ3n) is 5.89. The molecule has 0 fully saturated rings. The van der Waals surface area contributed by atoms with Gasteiger partial charge in [0.05, 0.1) is 0 Å². The summed E-state index contributed by atoms with van der Waals surface area (Å²) < 4.78 is 0. The molecule has 2 N–H and O–H groups in total. The molecule has 0 saturated heterocycles. The highest BCUT2D eigenvalue weighted by Gasteiger charge is 2.10. The van der Waals surface area contributed by atoms with Gasteiger partial charge in [-0.2, -0.15) is 10.5 Å². The van der Waals surface area contributed by atoms with Crippen molar-refractivity contribution in [3.63, 3.8) is 0 Å². The van der Waals surface area contributed by atoms with Gasteiger partial charge in [0, 0.05) is 13.1 Å². The number of nitrogens with zero attached hydrogens (tertiary/aromatic N) is 2. The van der Waals surface area contributed by atoms with Crippen molar-refractivity contribution < 1.29 is 9.59 Å². The Balaban J connectivity index is 2.66. The van der Waals surface area contributed by atoms with E-state index in [0.717, 1.165) is 38.5 Å². The molecular weight excluding hydrogens is 448 g/mol. The Bertz CT molecular complexity index is 877. The zero-order valence-electron chi connectivity index (χ0n) is 22.1. The predicted octanol–water partition coefficient (Wildman–Crippen LogP) is 6.45. The van der Waals surface area contributed by atoms with E-state index in [9.17, 15) is 20.1 Å². The van der Waals surface area contributed by atoms with Gasteiger partial charge in [-0.15, -0.1) is 0 Å². The first-order valence-corrected chi connectivity index (χ1v) is 13.5. The van der Waals surface area contributed by atoms with Crippen molar-refractivity contribution in [2.24, 2.45) is 0 Å². The van der Waals surface area contributed by atoms with Gasteiger partial charge in [0.25, 0.3) is 11.8 Å². The van der Waals surface area contributed by atoms with Crippen LogP contribution in [0, 0.1) is 22.7 Å². The van der Waals surface area contributed by atoms with Gasteiger partial charge < -0.3 is 10.6 Å². The van der Waals surface area contributed by atoms with E-state index >= 15 is 0 Å². The van der Waals surface area contributed by atoms with Gasteiger partial charge in [0.1, 0.15) is 23.3 Å². The first kappa shape index (κ1) is 30.7. The van der Waals surface area contributed by atoms with Crippen molar-refractivity contribution in [3.8, 4) is 12.1 Å². The van der Waals surface area contributed by atoms with E-state index < -0.39 is 11.8 Å². The molecule has 0 bridgehead atoms. The lowest BCUT2D eigenvalue weighted by Crippen LogP contribution is -2.25. The minimum absolute atomic E-state index is 0.0271. The fourth-order valence-corrected chi connectivity index (χ4v) is 3.77. The highest BCUT2D eigenvalue weighted by Crippen LogP contribution is 2.14. The number of rotatable bonds is 18. The number of nitrogens with one attached hydrogen (secondary N) is 2. The third-order valence-corrected chi connectivity index (χ3v) is 5.89. The van der Waals surface area contributed by atoms with Crippen molar-refractivity contribution in [3.05, 3.63) is 46.5 Å². The average Bonchev–Trinajstić information content (AvgIpc) is 2.89. The molecular formula is C30H42N4O2. The molecule has 2 amide bonds. The van der Waals surface area contributed by atoms with Gasteiger partial charge in [-0.25, -0.2) is 0 Å². The Morgan fingerprint density at radius 2 is 1.08 bits per heavy atom. The largest absolute Gasteiger partial charge is 0.351 e. The molecule has 0 radical (unpaired) electrons. The summed E-state index contributed by atoms with van der Waals surface area (Å²) in [5.41, 5.74) is 1.36. The second-order valence-corrected chi connectivity index (χ2v) is 9.06. The lowest BCUT2D eigenvalue weighted by molar-refractivity contribution is -0.117. The minimum Gasteiger partial charge on any atom is -0.351 e. The monoisotopic (exact) mass is 490 g/mol. The van der Waals surface area contributed by atoms with Crippen LogP contribution in [0.25, 0.3) is 12.2 Å². The lowest BCUT2D eigenvalue weighted by Gasteiger charge is -2.06. The van der Waals surface area contributed by atoms with Crippen molar-refractivity contribution in [2.45, 2.75) is 90.9 Å². The molecule has 0 unspecified atom stereocenters. The van der Waals surface area contributed by atoms with Crippen LogP contribution in [0.4, 0.5) is 0 Å². The number of hydrogen-bond donors (Lipinski definition) is 2. The van der Waals surface area contributed by atoms with Gasteiger partial charge in [-0.3, -0.25) is 9.59 Å². The fourth-order valence-electron chi connectivity index (χ4n) is 3.77. The summed E-state index contributed by atoms with van der Waals surface area (Å²) in [6.45, 7) is 5.45. The summed E-state index contributed by atoms with van der Waals surface area (Å²) in [5, 5.41) is 24.6. The Kier molecular flexibility index (Phi) is 16.9. The zero-order chi connectivity index (χ0) is 26.4. The van der Waals surface area contributed by atoms with E-state index in [1.807, 2.05) is 12.1 Å². The van der Waals surface area contributed by atoms with Crippen molar-refractivity contribution in [2.75, 3.05) is 13.1 Å². The zero-order valence-corrected chi connectivity index (χ0v) is 22.1. The third kappa shape index (κ3) is 13.5. The van der Waals surface area contributed by atoms with Gasteiger partial charge >= 0.3 is 0 Å². The molecule has 194 valence electrons. The second kappa shape index (κ2) is 19.9. The fraction of sp³-hybridized carbons (Fsp3) is 0.533. The van der Waals surface area contributed by atoms with Gasteiger partial charge in [0.2, 0.25) is 0 Å². The summed E-state index contributed by atoms with van der Waals surface area (Å²) >= 11 is 0. The predicted molar refractivity (Wildman–Crippen MR) is 146 cm³/mol. The Morgan fingerprint density at radius 1 is 0.694 bits per heavy atom. The summed E-state index contributed by atoms with van der Waals surface area (Å²) in [4.78, 5) is 24.8. The number of hydrogen-bond acceptors (Lipinski definition) is 4. The second-order valence-electron chi connectivity index (χ2n) is 9.06. The van der Waals surface area contributed by atoms with Gasteiger partial charge in [-0.05, 0) is 42.2 Å². The number of nitriles is 2. The van der Waals surface area contributed by atoms with Crippen LogP contribution in [0.5, 0.6) is 0 Å². The van der Waals surface area contributed by atoms with Crippen molar-refractivity contribution in [1.29, 1.82) is 10.5 Å². The first-order chi connectivity index (χ1) is 17.5. The maximum absolute atomic E-state index is 12.4. The number of unbranched alkanes of at least 4 members (excludes halogenated alkanes) is 10. The molecule has 36 heavy (non-hydrogen) atoms. The molecule has 1 aromatic carbocycles. The normalized spacial score (nSPS) is 11.4. The van der Waals surface area contributed by atoms with E-state index in [1.165, 1.54) is 50.7 Å². The summed E-state index contributed by atoms with van der Waals surface area (Å²) in [7, 11) is 0. The molecule has 1 aromatic rings. The molecule has 0 aliphatic carbocycles. The summed E-state index contributed by atoms with van der Waals surface area (Å²) in [6.07, 6.45) is 16.6. The Morgan fingerprint density at radius 3 is 1.47 bits per heavy atom. The maximum Gasteiger partial charge on any atom is 0.261 e. The Hall–Kier alpha value is -3.38. The standard InChI is InChI=1S/C30H42N4O2/c1-3-5-7-9-11-13-18-33-29(35)27(23-31)21-25-16-15-17-26(20-25)22-28(24-32)30(36)34-19-14-12-10-8-6-4-2/h15-17,20-22H,3-14,18-19H2,1-2H3,(H,33,35)(H,34,36). The molecule has 0 aromatic heterocycles. The van der Waals surface area contributed by atoms with Crippen LogP contribution < -0.4 is 10.6 Å². The SMILES string of the molecule is CCCCCCCCNC(=O)C(C#N)=Cc1cccc(C=C(C#N)C(=O)NCCCCCCCC)c1. The van der Waals surface area contributed by atoms with E-state index in [4.69, 9.17) is 0 Å². The molecule has 0 heterocycles. The average molecular weight is 491 g/mol. The number of amides is 2. The molecule has 0 spiro atoms. The van der Waals surface area contributed by atoms with E-state index in [2.05, 4.69) is 24.5 Å². The topological polar surface area (TPSA) is 106 Å². The van der Waals surface area contributed by atoms with Gasteiger partial charge in [0.15, 0.2) is 0 Å². The number of benzene rings is 1. The van der Waals surface area contributed by atoms with Crippen LogP contribution >= 0.6 is 0 Å². The molecule has 6 heteroatoms. The highest BCUT2D eigenvalue weighted by molar-refractivity contribution is 6.02. The van der Waals surface area contributed by atoms with E-state index in [0.29, 0.717) is 24.2 Å². The number of carbonyl (C=O) groups excluding carboxylic acids is 2. The van der Waals surface area contributed by atoms with Crippen LogP contribution in [0.3, 0.4) is 0 Å². The molecule has 0 aliphatic rings. The molecule has 1 rings (SSSR count). The van der Waals surface area contributed by atoms with Crippen LogP contribution in [0.2, 0.25) is 0 Å². The van der Waals surface area contributed by atoms with Crippen LogP contribution in [0.1, 0.15) is 102 Å². The van der Waals surface area contributed by atoms with Crippen LogP contribution in [-0.4, -0.2) is 24.9 Å².